The second kappa shape index (κ2) is 9.44. The van der Waals surface area contributed by atoms with Crippen LogP contribution in [-0.2, 0) is 0 Å². The molecule has 0 heterocycles. The van der Waals surface area contributed by atoms with Crippen molar-refractivity contribution in [2.24, 2.45) is 5.10 Å². The van der Waals surface area contributed by atoms with E-state index in [1.54, 1.807) is 48.5 Å². The number of ether oxygens (including phenoxy) is 1. The molecular weight excluding hydrogens is 410 g/mol. The molecule has 0 unspecified atom stereocenters. The zero-order valence-corrected chi connectivity index (χ0v) is 16.1. The number of nitro benzene ring substituents is 1. The van der Waals surface area contributed by atoms with Gasteiger partial charge in [-0.2, -0.15) is 5.10 Å². The Morgan fingerprint density at radius 2 is 1.60 bits per heavy atom. The molecule has 3 aromatic carbocycles. The van der Waals surface area contributed by atoms with E-state index in [4.69, 9.17) is 16.3 Å². The molecule has 0 bridgehead atoms. The Bertz CT molecular complexity index is 1130. The van der Waals surface area contributed by atoms with E-state index in [1.165, 1.54) is 30.5 Å². The van der Waals surface area contributed by atoms with Gasteiger partial charge in [-0.15, -0.1) is 0 Å². The molecule has 0 aromatic heterocycles. The lowest BCUT2D eigenvalue weighted by Crippen LogP contribution is -2.18. The number of hydrazone groups is 1. The molecule has 0 radical (unpaired) electrons. The maximum Gasteiger partial charge on any atom is 0.345 e. The molecule has 8 nitrogen and oxygen atoms in total. The van der Waals surface area contributed by atoms with Crippen molar-refractivity contribution in [1.82, 2.24) is 5.43 Å². The van der Waals surface area contributed by atoms with Crippen LogP contribution in [0.4, 0.5) is 5.69 Å². The van der Waals surface area contributed by atoms with Gasteiger partial charge in [-0.1, -0.05) is 35.9 Å². The van der Waals surface area contributed by atoms with E-state index in [1.807, 2.05) is 0 Å². The van der Waals surface area contributed by atoms with E-state index in [0.717, 1.165) is 0 Å². The number of hydrogen-bond donors (Lipinski definition) is 1. The highest BCUT2D eigenvalue weighted by Crippen LogP contribution is 2.19. The lowest BCUT2D eigenvalue weighted by Gasteiger charge is -2.06. The highest BCUT2D eigenvalue weighted by atomic mass is 35.5. The summed E-state index contributed by atoms with van der Waals surface area (Å²) in [7, 11) is 0. The van der Waals surface area contributed by atoms with E-state index in [-0.39, 0.29) is 16.8 Å². The molecule has 0 fully saturated rings. The predicted octanol–water partition coefficient (Wildman–Crippen LogP) is 4.23. The topological polar surface area (TPSA) is 111 Å². The minimum atomic E-state index is -0.705. The summed E-state index contributed by atoms with van der Waals surface area (Å²) in [6.07, 6.45) is 1.35. The van der Waals surface area contributed by atoms with Crippen molar-refractivity contribution in [2.45, 2.75) is 0 Å². The summed E-state index contributed by atoms with van der Waals surface area (Å²) >= 11 is 5.97. The zero-order chi connectivity index (χ0) is 21.5. The number of nitrogens with one attached hydrogen (secondary N) is 1. The lowest BCUT2D eigenvalue weighted by molar-refractivity contribution is -0.385. The van der Waals surface area contributed by atoms with Gasteiger partial charge in [0.05, 0.1) is 21.7 Å². The Labute approximate surface area is 175 Å². The van der Waals surface area contributed by atoms with E-state index >= 15 is 0 Å². The van der Waals surface area contributed by atoms with Gasteiger partial charge in [-0.05, 0) is 48.0 Å². The molecule has 0 spiro atoms. The van der Waals surface area contributed by atoms with E-state index in [0.29, 0.717) is 16.3 Å². The number of hydrogen-bond acceptors (Lipinski definition) is 6. The second-order valence-corrected chi connectivity index (χ2v) is 6.32. The summed E-state index contributed by atoms with van der Waals surface area (Å²) in [5.41, 5.74) is 2.70. The zero-order valence-electron chi connectivity index (χ0n) is 15.3. The van der Waals surface area contributed by atoms with Crippen molar-refractivity contribution in [3.05, 3.63) is 105 Å². The number of rotatable bonds is 6. The van der Waals surface area contributed by atoms with Gasteiger partial charge in [-0.25, -0.2) is 10.2 Å². The van der Waals surface area contributed by atoms with Crippen molar-refractivity contribution < 1.29 is 19.2 Å². The Balaban J connectivity index is 1.61. The first-order valence-corrected chi connectivity index (χ1v) is 8.97. The van der Waals surface area contributed by atoms with Crippen LogP contribution in [0.5, 0.6) is 5.75 Å². The maximum absolute atomic E-state index is 12.1. The predicted molar refractivity (Wildman–Crippen MR) is 111 cm³/mol. The average molecular weight is 424 g/mol. The van der Waals surface area contributed by atoms with Crippen LogP contribution < -0.4 is 10.2 Å². The van der Waals surface area contributed by atoms with Gasteiger partial charge in [0.2, 0.25) is 0 Å². The van der Waals surface area contributed by atoms with Crippen LogP contribution in [-0.4, -0.2) is 23.0 Å². The third-order valence-electron chi connectivity index (χ3n) is 3.91. The number of nitro groups is 1. The number of benzene rings is 3. The average Bonchev–Trinajstić information content (AvgIpc) is 2.75. The smallest absolute Gasteiger partial charge is 0.345 e. The summed E-state index contributed by atoms with van der Waals surface area (Å²) < 4.78 is 5.27. The van der Waals surface area contributed by atoms with Crippen LogP contribution in [0.25, 0.3) is 0 Å². The van der Waals surface area contributed by atoms with Gasteiger partial charge < -0.3 is 4.74 Å². The van der Waals surface area contributed by atoms with E-state index in [9.17, 15) is 19.7 Å². The van der Waals surface area contributed by atoms with Crippen LogP contribution in [0.2, 0.25) is 5.02 Å². The molecule has 0 atom stereocenters. The Morgan fingerprint density at radius 1 is 0.967 bits per heavy atom. The number of nitrogens with zero attached hydrogens (tertiary/aromatic N) is 2. The van der Waals surface area contributed by atoms with Crippen molar-refractivity contribution >= 4 is 35.4 Å². The second-order valence-electron chi connectivity index (χ2n) is 5.91. The Hall–Kier alpha value is -4.04. The van der Waals surface area contributed by atoms with Crippen LogP contribution in [0.1, 0.15) is 26.3 Å². The number of para-hydroxylation sites is 1. The fraction of sp³-hybridized carbons (Fsp3) is 0. The van der Waals surface area contributed by atoms with E-state index in [2.05, 4.69) is 10.5 Å². The van der Waals surface area contributed by atoms with Crippen LogP contribution in [0, 0.1) is 10.1 Å². The van der Waals surface area contributed by atoms with Crippen molar-refractivity contribution in [1.29, 1.82) is 0 Å². The highest BCUT2D eigenvalue weighted by Gasteiger charge is 2.18. The van der Waals surface area contributed by atoms with Crippen molar-refractivity contribution in [3.8, 4) is 5.75 Å². The monoisotopic (exact) mass is 423 g/mol. The first kappa shape index (κ1) is 20.7. The summed E-state index contributed by atoms with van der Waals surface area (Å²) in [6.45, 7) is 0. The normalized spacial score (nSPS) is 10.6. The summed E-state index contributed by atoms with van der Waals surface area (Å²) in [6, 6.07) is 18.5. The van der Waals surface area contributed by atoms with Crippen LogP contribution >= 0.6 is 11.6 Å². The van der Waals surface area contributed by atoms with Crippen LogP contribution in [0.15, 0.2) is 77.9 Å². The van der Waals surface area contributed by atoms with Crippen LogP contribution in [0.3, 0.4) is 0 Å². The van der Waals surface area contributed by atoms with Gasteiger partial charge in [-0.3, -0.25) is 14.9 Å². The van der Waals surface area contributed by atoms with Gasteiger partial charge in [0, 0.05) is 6.07 Å². The number of halogens is 1. The molecular formula is C21H14ClN3O5. The lowest BCUT2D eigenvalue weighted by atomic mass is 10.2. The quantitative estimate of drug-likeness (QED) is 0.210. The summed E-state index contributed by atoms with van der Waals surface area (Å²) in [5.74, 6) is -0.983. The molecule has 9 heteroatoms. The molecule has 0 aliphatic carbocycles. The Kier molecular flexibility index (Phi) is 6.51. The van der Waals surface area contributed by atoms with Gasteiger partial charge in [0.15, 0.2) is 0 Å². The molecule has 3 aromatic rings. The standard InChI is InChI=1S/C21H14ClN3O5/c22-18-7-3-1-5-16(18)21(27)30-15-11-9-14(10-12-15)13-23-24-20(26)17-6-2-4-8-19(17)25(28)29/h1-13H,(H,24,26)/b23-13+. The first-order valence-electron chi connectivity index (χ1n) is 8.59. The van der Waals surface area contributed by atoms with Crippen molar-refractivity contribution in [3.63, 3.8) is 0 Å². The SMILES string of the molecule is O=C(Oc1ccc(/C=N/NC(=O)c2ccccc2[N+](=O)[O-])cc1)c1ccccc1Cl. The number of amides is 1. The fourth-order valence-corrected chi connectivity index (χ4v) is 2.67. The Morgan fingerprint density at radius 3 is 2.27 bits per heavy atom. The summed E-state index contributed by atoms with van der Waals surface area (Å²) in [4.78, 5) is 34.6. The summed E-state index contributed by atoms with van der Waals surface area (Å²) in [5, 5.41) is 15.1. The molecule has 0 saturated carbocycles. The number of carbonyl (C=O) groups excluding carboxylic acids is 2. The fourth-order valence-electron chi connectivity index (χ4n) is 2.46. The molecule has 1 amide bonds. The molecule has 150 valence electrons. The molecule has 0 saturated heterocycles. The highest BCUT2D eigenvalue weighted by molar-refractivity contribution is 6.33. The minimum Gasteiger partial charge on any atom is -0.423 e. The molecule has 30 heavy (non-hydrogen) atoms. The molecule has 0 aliphatic heterocycles. The minimum absolute atomic E-state index is 0.0958. The molecule has 1 N–H and O–H groups in total. The van der Waals surface area contributed by atoms with Gasteiger partial charge >= 0.3 is 5.97 Å². The molecule has 0 aliphatic rings. The van der Waals surface area contributed by atoms with Gasteiger partial charge in [0.25, 0.3) is 11.6 Å². The van der Waals surface area contributed by atoms with Gasteiger partial charge in [0.1, 0.15) is 11.3 Å². The number of carbonyl (C=O) groups is 2. The maximum atomic E-state index is 12.1. The third-order valence-corrected chi connectivity index (χ3v) is 4.24. The third kappa shape index (κ3) is 5.06. The van der Waals surface area contributed by atoms with E-state index < -0.39 is 16.8 Å². The first-order chi connectivity index (χ1) is 14.5. The number of esters is 1. The van der Waals surface area contributed by atoms with Crippen molar-refractivity contribution in [2.75, 3.05) is 0 Å². The molecule has 3 rings (SSSR count). The largest absolute Gasteiger partial charge is 0.423 e.